The van der Waals surface area contributed by atoms with Gasteiger partial charge >= 0.3 is 0 Å². The second-order valence-electron chi connectivity index (χ2n) is 36.9. The Morgan fingerprint density at radius 2 is 0.476 bits per heavy atom. The van der Waals surface area contributed by atoms with Crippen molar-refractivity contribution in [1.29, 1.82) is 0 Å². The molecule has 15 aromatic rings. The van der Waals surface area contributed by atoms with Gasteiger partial charge in [0.15, 0.2) is 0 Å². The average Bonchev–Trinajstić information content (AvgIpc) is 1.63. The van der Waals surface area contributed by atoms with E-state index in [-0.39, 0.29) is 36.6 Å². The molecule has 10 heterocycles. The van der Waals surface area contributed by atoms with E-state index >= 15 is 0 Å². The number of hydrogen-bond donors (Lipinski definition) is 0. The van der Waals surface area contributed by atoms with Gasteiger partial charge in [0.1, 0.15) is 40.4 Å². The molecule has 0 atom stereocenters. The summed E-state index contributed by atoms with van der Waals surface area (Å²) in [6, 6.07) is 49.9. The van der Waals surface area contributed by atoms with E-state index in [4.69, 9.17) is 56.4 Å². The van der Waals surface area contributed by atoms with Crippen molar-refractivity contribution in [2.75, 3.05) is 140 Å². The molecule has 37 heteroatoms. The van der Waals surface area contributed by atoms with E-state index in [0.29, 0.717) is 84.8 Å². The smallest absolute Gasteiger partial charge is 0.268 e. The number of benzene rings is 10. The van der Waals surface area contributed by atoms with Crippen molar-refractivity contribution in [3.05, 3.63) is 267 Å². The zero-order valence-electron chi connectivity index (χ0n) is 84.3. The second-order valence-corrected chi connectivity index (χ2v) is 47.8. The van der Waals surface area contributed by atoms with E-state index in [0.717, 1.165) is 223 Å². The number of halogens is 5. The van der Waals surface area contributed by atoms with Gasteiger partial charge < -0.3 is 57.7 Å². The molecule has 0 amide bonds. The highest BCUT2D eigenvalue weighted by molar-refractivity contribution is 9.10. The van der Waals surface area contributed by atoms with Crippen LogP contribution in [-0.4, -0.2) is 177 Å². The fraction of sp³-hybridized carbons (Fsp3) is 0.364. The molecule has 5 aromatic heterocycles. The number of rotatable bonds is 27. The van der Waals surface area contributed by atoms with Crippen molar-refractivity contribution in [2.45, 2.75) is 174 Å². The number of ether oxygens (including phenoxy) is 7. The maximum Gasteiger partial charge on any atom is 0.268 e. The van der Waals surface area contributed by atoms with E-state index in [1.165, 1.54) is 91.6 Å². The van der Waals surface area contributed by atoms with Crippen LogP contribution in [0.5, 0.6) is 28.7 Å². The molecule has 0 unspecified atom stereocenters. The third kappa shape index (κ3) is 23.0. The Morgan fingerprint density at radius 1 is 0.265 bits per heavy atom. The Hall–Kier alpha value is -11.5. The van der Waals surface area contributed by atoms with Crippen molar-refractivity contribution in [1.82, 2.24) is 19.9 Å². The Balaban J connectivity index is 0.000000131. The molecule has 5 aliphatic heterocycles. The molecular weight excluding hydrogens is 2080 g/mol. The van der Waals surface area contributed by atoms with E-state index in [1.54, 1.807) is 189 Å². The second kappa shape index (κ2) is 47.1. The summed E-state index contributed by atoms with van der Waals surface area (Å²) < 4.78 is 209. The van der Waals surface area contributed by atoms with Crippen LogP contribution in [0.2, 0.25) is 10.0 Å². The van der Waals surface area contributed by atoms with Crippen molar-refractivity contribution >= 4 is 172 Å². The van der Waals surface area contributed by atoms with Gasteiger partial charge in [-0.05, 0) is 296 Å². The lowest BCUT2D eigenvalue weighted by Gasteiger charge is -2.30. The highest BCUT2D eigenvalue weighted by Gasteiger charge is 2.33. The van der Waals surface area contributed by atoms with Crippen molar-refractivity contribution < 1.29 is 84.0 Å². The first-order chi connectivity index (χ1) is 70.8. The number of piperidine rings is 5. The SMILES string of the molecule is CCc1cn(S(=O)(=O)c2ccc(OC)c(N3CCCCC3)c2)c2cc(Br)ccc12.CCc1cn(S(=O)(=O)c2ccc(OC)c(N3CCCCC3)c2)c2cc(Cl)ccc12.CCc1cn(S(=O)(=O)c2ccc(OC)c(N3CCCCC3)c2)c2cc(F)ccc12.COCc1cn(S(=O)(=O)c2ccc(OC)c(N3CCCCC3)c2)c2cc(Cl)ccc12.COCc1cn(S(=O)(=O)c2ccc(OC)c(N3CCCCC3)c2)c2cc(F)ccc12. The Bertz CT molecular complexity index is 7310. The summed E-state index contributed by atoms with van der Waals surface area (Å²) in [6.45, 7) is 15.4. The summed E-state index contributed by atoms with van der Waals surface area (Å²) in [5.74, 6) is 2.42. The number of methoxy groups -OCH3 is 7. The average molecular weight is 2210 g/mol. The number of anilines is 5. The minimum atomic E-state index is -3.95. The summed E-state index contributed by atoms with van der Waals surface area (Å²) in [5, 5.41) is 5.06. The van der Waals surface area contributed by atoms with Gasteiger partial charge in [0.2, 0.25) is 0 Å². The summed E-state index contributed by atoms with van der Waals surface area (Å²) in [6.07, 6.45) is 27.1. The Labute approximate surface area is 878 Å². The zero-order valence-corrected chi connectivity index (χ0v) is 91.4. The molecule has 0 spiro atoms. The first kappa shape index (κ1) is 108. The first-order valence-electron chi connectivity index (χ1n) is 49.7. The molecule has 782 valence electrons. The predicted octanol–water partition coefficient (Wildman–Crippen LogP) is 23.7. The molecule has 0 saturated carbocycles. The molecule has 27 nitrogen and oxygen atoms in total. The Kier molecular flexibility index (Phi) is 34.7. The lowest BCUT2D eigenvalue weighted by Crippen LogP contribution is -2.30. The molecule has 147 heavy (non-hydrogen) atoms. The van der Waals surface area contributed by atoms with Gasteiger partial charge in [-0.2, -0.15) is 0 Å². The molecule has 10 aromatic carbocycles. The Morgan fingerprint density at radius 3 is 0.707 bits per heavy atom. The number of aryl methyl sites for hydroxylation is 3. The fourth-order valence-corrected chi connectivity index (χ4v) is 27.9. The minimum Gasteiger partial charge on any atom is -0.495 e. The summed E-state index contributed by atoms with van der Waals surface area (Å²) in [7, 11) is -8.07. The van der Waals surface area contributed by atoms with Gasteiger partial charge in [-0.3, -0.25) is 0 Å². The van der Waals surface area contributed by atoms with Crippen LogP contribution < -0.4 is 48.2 Å². The van der Waals surface area contributed by atoms with E-state index in [1.807, 2.05) is 51.1 Å². The molecule has 5 fully saturated rings. The highest BCUT2D eigenvalue weighted by atomic mass is 79.9. The largest absolute Gasteiger partial charge is 0.495 e. The molecule has 5 saturated heterocycles. The van der Waals surface area contributed by atoms with Crippen LogP contribution in [0.25, 0.3) is 54.5 Å². The zero-order chi connectivity index (χ0) is 104. The van der Waals surface area contributed by atoms with Crippen LogP contribution >= 0.6 is 39.1 Å². The van der Waals surface area contributed by atoms with Gasteiger partial charge in [-0.1, -0.05) is 78.1 Å². The highest BCUT2D eigenvalue weighted by Crippen LogP contribution is 2.44. The van der Waals surface area contributed by atoms with Crippen LogP contribution in [0.15, 0.2) is 242 Å². The number of hydrogen-bond acceptors (Lipinski definition) is 22. The normalized spacial score (nSPS) is 15.0. The van der Waals surface area contributed by atoms with Gasteiger partial charge in [-0.25, -0.2) is 70.7 Å². The lowest BCUT2D eigenvalue weighted by atomic mass is 10.1. The topological polar surface area (TPSA) is 276 Å². The first-order valence-corrected chi connectivity index (χ1v) is 58.4. The van der Waals surface area contributed by atoms with Crippen LogP contribution in [0, 0.1) is 11.6 Å². The number of aromatic nitrogens is 5. The van der Waals surface area contributed by atoms with E-state index in [9.17, 15) is 50.9 Å². The fourth-order valence-electron chi connectivity index (χ4n) is 20.2. The van der Waals surface area contributed by atoms with Gasteiger partial charge in [0, 0.05) is 163 Å². The third-order valence-corrected chi connectivity index (χ3v) is 37.2. The van der Waals surface area contributed by atoms with E-state index in [2.05, 4.69) is 40.4 Å². The number of fused-ring (bicyclic) bond motifs is 5. The number of nitrogens with zero attached hydrogens (tertiary/aromatic N) is 10. The van der Waals surface area contributed by atoms with Gasteiger partial charge in [0.05, 0.1) is 129 Å². The van der Waals surface area contributed by atoms with Crippen LogP contribution in [0.4, 0.5) is 37.2 Å². The van der Waals surface area contributed by atoms with E-state index < -0.39 is 61.8 Å². The van der Waals surface area contributed by atoms with Crippen LogP contribution in [0.3, 0.4) is 0 Å². The van der Waals surface area contributed by atoms with Gasteiger partial charge in [0.25, 0.3) is 50.1 Å². The molecule has 0 aliphatic carbocycles. The summed E-state index contributed by atoms with van der Waals surface area (Å²) >= 11 is 15.8. The summed E-state index contributed by atoms with van der Waals surface area (Å²) in [5.41, 5.74) is 10.8. The molecule has 0 N–H and O–H groups in total. The van der Waals surface area contributed by atoms with Crippen molar-refractivity contribution in [3.63, 3.8) is 0 Å². The standard InChI is InChI=1S/C22H25BrN2O3S.C22H25ClN2O4S.C22H25ClN2O3S.C22H25FN2O4S.C22H25FN2O3S/c1-3-16-15-25(20-13-17(23)7-9-19(16)20)29(26,27)18-8-10-22(28-2)21(14-18)24-11-5-4-6-12-24;1-28-15-16-14-25(20-12-17(23)6-8-19(16)20)30(26,27)18-7-9-22(29-2)21(13-18)24-10-4-3-5-11-24;1-3-16-15-25(20-13-17(23)7-9-19(16)20)29(26,27)18-8-10-22(28-2)21(14-18)24-11-5-4-6-12-24;1-28-15-16-14-25(20-12-17(23)6-8-19(16)20)30(26,27)18-7-9-22(29-2)21(13-18)24-10-4-3-5-11-24;1-3-16-15-25(20-13-17(23)7-9-19(16)20)29(26,27)18-8-10-22(28-2)21(14-18)24-11-5-4-6-12-24/h7-10,13-15H,3-6,11-12H2,1-2H3;6-9,12-14H,3-5,10-11,15H2,1-2H3;7-10,13-15H,3-6,11-12H2,1-2H3;6-9,12-14H,3-5,10-11,15H2,1-2H3;7-10,13-15H,3-6,11-12H2,1-2H3. The maximum absolute atomic E-state index is 13.9. The monoisotopic (exact) mass is 2200 g/mol. The predicted molar refractivity (Wildman–Crippen MR) is 585 cm³/mol. The van der Waals surface area contributed by atoms with Gasteiger partial charge in [-0.15, -0.1) is 0 Å². The molecule has 0 radical (unpaired) electrons. The molecule has 20 rings (SSSR count). The van der Waals surface area contributed by atoms with Crippen LogP contribution in [0.1, 0.15) is 145 Å². The molecule has 5 aliphatic rings. The summed E-state index contributed by atoms with van der Waals surface area (Å²) in [4.78, 5) is 12.0. The maximum atomic E-state index is 13.9. The quantitative estimate of drug-likeness (QED) is 0.0462. The third-order valence-electron chi connectivity index (χ3n) is 27.8. The lowest BCUT2D eigenvalue weighted by molar-refractivity contribution is 0.186. The molecular formula is C110H125BrCl2F2N10O17S5. The van der Waals surface area contributed by atoms with Crippen molar-refractivity contribution in [3.8, 4) is 28.7 Å². The molecule has 0 bridgehead atoms. The minimum absolute atomic E-state index is 0.133. The van der Waals surface area contributed by atoms with Crippen LogP contribution in [-0.2, 0) is 92.1 Å². The van der Waals surface area contributed by atoms with Crippen molar-refractivity contribution in [2.24, 2.45) is 0 Å².